The summed E-state index contributed by atoms with van der Waals surface area (Å²) >= 11 is 1.70. The van der Waals surface area contributed by atoms with Gasteiger partial charge in [-0.3, -0.25) is 4.79 Å². The van der Waals surface area contributed by atoms with Crippen LogP contribution in [0.3, 0.4) is 0 Å². The number of aliphatic hydroxyl groups is 1. The maximum Gasteiger partial charge on any atom is 0.407 e. The van der Waals surface area contributed by atoms with Gasteiger partial charge in [-0.2, -0.15) is 0 Å². The molecule has 41 heavy (non-hydrogen) atoms. The van der Waals surface area contributed by atoms with Crippen LogP contribution in [0.25, 0.3) is 31.6 Å². The molecular weight excluding hydrogens is 534 g/mol. The van der Waals surface area contributed by atoms with Crippen molar-refractivity contribution in [3.8, 4) is 10.6 Å². The Bertz CT molecular complexity index is 1620. The maximum absolute atomic E-state index is 13.7. The van der Waals surface area contributed by atoms with Gasteiger partial charge in [-0.1, -0.05) is 18.2 Å². The van der Waals surface area contributed by atoms with E-state index in [0.29, 0.717) is 18.7 Å². The summed E-state index contributed by atoms with van der Waals surface area (Å²) in [5.41, 5.74) is 4.38. The van der Waals surface area contributed by atoms with Gasteiger partial charge in [0.25, 0.3) is 5.91 Å². The van der Waals surface area contributed by atoms with Gasteiger partial charge in [0.2, 0.25) is 0 Å². The molecule has 0 spiro atoms. The van der Waals surface area contributed by atoms with Crippen molar-refractivity contribution in [2.45, 2.75) is 78.2 Å². The number of likely N-dealkylation sites (tertiary alicyclic amines) is 1. The van der Waals surface area contributed by atoms with Crippen LogP contribution in [0.1, 0.15) is 67.9 Å². The zero-order valence-electron chi connectivity index (χ0n) is 24.3. The number of thiophene rings is 1. The van der Waals surface area contributed by atoms with Crippen molar-refractivity contribution in [1.29, 1.82) is 0 Å². The van der Waals surface area contributed by atoms with E-state index in [-0.39, 0.29) is 18.6 Å². The Morgan fingerprint density at radius 1 is 1.12 bits per heavy atom. The first kappa shape index (κ1) is 27.8. The molecule has 2 amide bonds. The maximum atomic E-state index is 13.7. The highest BCUT2D eigenvalue weighted by Crippen LogP contribution is 2.43. The van der Waals surface area contributed by atoms with Crippen LogP contribution in [0.2, 0.25) is 0 Å². The number of benzene rings is 2. The number of rotatable bonds is 6. The lowest BCUT2D eigenvalue weighted by atomic mass is 10.00. The normalized spacial score (nSPS) is 17.8. The second kappa shape index (κ2) is 10.8. The van der Waals surface area contributed by atoms with Crippen LogP contribution in [0.15, 0.2) is 42.5 Å². The largest absolute Gasteiger partial charge is 0.444 e. The first-order valence-corrected chi connectivity index (χ1v) is 15.5. The van der Waals surface area contributed by atoms with Crippen molar-refractivity contribution in [2.24, 2.45) is 5.92 Å². The number of carbonyl (C=O) groups is 2. The first-order chi connectivity index (χ1) is 19.6. The number of nitrogens with one attached hydrogen (secondary N) is 1. The zero-order valence-corrected chi connectivity index (χ0v) is 25.1. The van der Waals surface area contributed by atoms with Crippen LogP contribution >= 0.6 is 11.3 Å². The number of nitrogens with zero attached hydrogens (tertiary/aromatic N) is 2. The zero-order chi connectivity index (χ0) is 28.9. The van der Waals surface area contributed by atoms with E-state index >= 15 is 0 Å². The summed E-state index contributed by atoms with van der Waals surface area (Å²) in [6, 6.07) is 14.5. The topological polar surface area (TPSA) is 83.8 Å². The first-order valence-electron chi connectivity index (χ1n) is 14.7. The molecule has 1 saturated carbocycles. The third kappa shape index (κ3) is 5.72. The van der Waals surface area contributed by atoms with E-state index in [2.05, 4.69) is 47.1 Å². The number of alkyl carbamates (subject to hydrolysis) is 1. The summed E-state index contributed by atoms with van der Waals surface area (Å²) < 4.78 is 8.89. The van der Waals surface area contributed by atoms with Crippen LogP contribution < -0.4 is 5.32 Å². The molecule has 0 unspecified atom stereocenters. The van der Waals surface area contributed by atoms with Crippen molar-refractivity contribution in [1.82, 2.24) is 14.8 Å². The molecule has 0 bridgehead atoms. The van der Waals surface area contributed by atoms with Gasteiger partial charge in [-0.25, -0.2) is 4.79 Å². The number of hydrogen-bond donors (Lipinski definition) is 2. The number of aryl methyl sites for hydroxylation is 1. The fraction of sp³-hybridized carbons (Fsp3) is 0.455. The molecule has 1 saturated heterocycles. The van der Waals surface area contributed by atoms with Gasteiger partial charge in [0.05, 0.1) is 17.2 Å². The molecule has 4 aromatic rings. The minimum atomic E-state index is -0.575. The Balaban J connectivity index is 1.31. The Labute approximate surface area is 245 Å². The summed E-state index contributed by atoms with van der Waals surface area (Å²) in [5, 5.41) is 15.6. The van der Waals surface area contributed by atoms with E-state index in [4.69, 9.17) is 4.74 Å². The summed E-state index contributed by atoms with van der Waals surface area (Å²) in [7, 11) is 0. The van der Waals surface area contributed by atoms with Crippen LogP contribution in [0.5, 0.6) is 0 Å². The van der Waals surface area contributed by atoms with Gasteiger partial charge in [0, 0.05) is 52.2 Å². The summed E-state index contributed by atoms with van der Waals surface area (Å²) in [5.74, 6) is 0.655. The van der Waals surface area contributed by atoms with Crippen molar-refractivity contribution in [3.05, 3.63) is 59.2 Å². The number of para-hydroxylation sites is 1. The SMILES string of the molecule is Cc1c(-c2cc3ccccc3n2CC2CC2)sc2cc(C(=O)N3CCC[C@@H](NC(=O)OC(C)(C)C)C3)cc(CO)c12. The van der Waals surface area contributed by atoms with Gasteiger partial charge in [-0.05, 0) is 94.7 Å². The second-order valence-electron chi connectivity index (χ2n) is 12.6. The molecule has 1 aliphatic heterocycles. The molecular formula is C33H39N3O4S. The van der Waals surface area contributed by atoms with E-state index in [9.17, 15) is 14.7 Å². The van der Waals surface area contributed by atoms with Gasteiger partial charge in [-0.15, -0.1) is 11.3 Å². The average Bonchev–Trinajstić information content (AvgIpc) is 3.60. The third-order valence-electron chi connectivity index (χ3n) is 8.14. The molecule has 1 aliphatic carbocycles. The molecule has 216 valence electrons. The van der Waals surface area contributed by atoms with Gasteiger partial charge in [0.1, 0.15) is 5.60 Å². The lowest BCUT2D eigenvalue weighted by Crippen LogP contribution is -2.50. The fourth-order valence-corrected chi connectivity index (χ4v) is 7.38. The van der Waals surface area contributed by atoms with Crippen molar-refractivity contribution in [2.75, 3.05) is 13.1 Å². The third-order valence-corrected chi connectivity index (χ3v) is 9.40. The fourth-order valence-electron chi connectivity index (χ4n) is 6.06. The Morgan fingerprint density at radius 2 is 1.90 bits per heavy atom. The Kier molecular flexibility index (Phi) is 7.32. The molecule has 0 radical (unpaired) electrons. The monoisotopic (exact) mass is 573 g/mol. The number of aliphatic hydroxyl groups excluding tert-OH is 1. The summed E-state index contributed by atoms with van der Waals surface area (Å²) in [6.45, 7) is 9.58. The van der Waals surface area contributed by atoms with Gasteiger partial charge < -0.3 is 24.6 Å². The highest BCUT2D eigenvalue weighted by Gasteiger charge is 2.29. The van der Waals surface area contributed by atoms with Gasteiger partial charge in [0.15, 0.2) is 0 Å². The molecule has 8 heteroatoms. The molecule has 1 atom stereocenters. The Morgan fingerprint density at radius 3 is 2.63 bits per heavy atom. The smallest absolute Gasteiger partial charge is 0.407 e. The summed E-state index contributed by atoms with van der Waals surface area (Å²) in [4.78, 5) is 29.1. The van der Waals surface area contributed by atoms with Crippen molar-refractivity contribution in [3.63, 3.8) is 0 Å². The predicted molar refractivity (Wildman–Crippen MR) is 164 cm³/mol. The van der Waals surface area contributed by atoms with E-state index in [1.807, 2.05) is 37.8 Å². The summed E-state index contributed by atoms with van der Waals surface area (Å²) in [6.07, 6.45) is 3.70. The minimum absolute atomic E-state index is 0.0762. The molecule has 2 aromatic heterocycles. The van der Waals surface area contributed by atoms with E-state index in [1.165, 1.54) is 34.3 Å². The number of ether oxygens (including phenoxy) is 1. The number of hydrogen-bond acceptors (Lipinski definition) is 5. The predicted octanol–water partition coefficient (Wildman–Crippen LogP) is 6.86. The lowest BCUT2D eigenvalue weighted by Gasteiger charge is -2.33. The van der Waals surface area contributed by atoms with Crippen LogP contribution in [-0.4, -0.2) is 51.3 Å². The molecule has 6 rings (SSSR count). The molecule has 2 aromatic carbocycles. The molecule has 3 heterocycles. The van der Waals surface area contributed by atoms with E-state index in [0.717, 1.165) is 46.5 Å². The van der Waals surface area contributed by atoms with Crippen molar-refractivity contribution < 1.29 is 19.4 Å². The van der Waals surface area contributed by atoms with Crippen LogP contribution in [0, 0.1) is 12.8 Å². The quantitative estimate of drug-likeness (QED) is 0.264. The van der Waals surface area contributed by atoms with E-state index < -0.39 is 11.7 Å². The number of piperidine rings is 1. The second-order valence-corrected chi connectivity index (χ2v) is 13.7. The molecule has 7 nitrogen and oxygen atoms in total. The van der Waals surface area contributed by atoms with Crippen molar-refractivity contribution >= 4 is 44.3 Å². The van der Waals surface area contributed by atoms with Crippen LogP contribution in [0.4, 0.5) is 4.79 Å². The number of aromatic nitrogens is 1. The highest BCUT2D eigenvalue weighted by molar-refractivity contribution is 7.22. The molecule has 2 aliphatic rings. The van der Waals surface area contributed by atoms with E-state index in [1.54, 1.807) is 11.3 Å². The number of carbonyl (C=O) groups excluding carboxylic acids is 2. The minimum Gasteiger partial charge on any atom is -0.444 e. The molecule has 2 N–H and O–H groups in total. The lowest BCUT2D eigenvalue weighted by molar-refractivity contribution is 0.0452. The molecule has 2 fully saturated rings. The van der Waals surface area contributed by atoms with Gasteiger partial charge >= 0.3 is 6.09 Å². The average molecular weight is 574 g/mol. The number of fused-ring (bicyclic) bond motifs is 2. The standard InChI is InChI=1S/C33H39N3O4S/c1-20-29-24(19-37)14-23(31(38)35-13-7-9-25(18-35)34-32(39)40-33(2,3)4)16-28(29)41-30(20)27-15-22-8-5-6-10-26(22)36(27)17-21-11-12-21/h5-6,8,10,14-16,21,25,37H,7,9,11-13,17-19H2,1-4H3,(H,34,39)/t25-/m1/s1. The van der Waals surface area contributed by atoms with Crippen LogP contribution in [-0.2, 0) is 17.9 Å². The Hall–Kier alpha value is -3.36. The highest BCUT2D eigenvalue weighted by atomic mass is 32.1. The number of amides is 2.